The molecule has 2 aliphatic heterocycles. The van der Waals surface area contributed by atoms with E-state index < -0.39 is 89.2 Å². The molecule has 19 nitrogen and oxygen atoms in total. The molecule has 2 aromatic rings. The average molecular weight is 636 g/mol. The predicted molar refractivity (Wildman–Crippen MR) is 131 cm³/mol. The minimum Gasteiger partial charge on any atom is -0.393 e. The molecule has 2 fully saturated rings. The number of alkyl halides is 1. The van der Waals surface area contributed by atoms with Gasteiger partial charge in [0.1, 0.15) is 48.5 Å². The number of thiol groups is 1. The lowest BCUT2D eigenvalue weighted by Crippen LogP contribution is -2.60. The molecule has 2 saturated heterocycles. The van der Waals surface area contributed by atoms with Crippen LogP contribution in [0.5, 0.6) is 0 Å². The Balaban J connectivity index is 1.38. The molecule has 40 heavy (non-hydrogen) atoms. The molecule has 0 radical (unpaired) electrons. The minimum absolute atomic E-state index is 0.0878. The number of nitrogen functional groups attached to an aromatic ring is 1. The number of phosphoric acid groups is 1. The standard InChI is InChI=1S/C17H27FN6O13P2S/c18-5(1-25)13-11(28)10(27)12(29)17(35-13)36-38(30,31)37-39(32,40)33-2-6-9(26)7(19)16(34-6)24-4-23-8-14(20)21-3-22-15(8)24/h3-7,9-13,16-17,25-29H,1-2,19H2,(H,30,31)(H,32,40)(H2,20,21,22)/t5-,6+,7+,9+,10?,11?,12?,13?,16+,17?,39?/m0/s1. The molecule has 0 aromatic carbocycles. The van der Waals surface area contributed by atoms with E-state index in [4.69, 9.17) is 30.6 Å². The molecule has 4 rings (SSSR count). The van der Waals surface area contributed by atoms with Gasteiger partial charge in [0, 0.05) is 0 Å². The van der Waals surface area contributed by atoms with Crippen molar-refractivity contribution in [3.8, 4) is 0 Å². The molecular weight excluding hydrogens is 609 g/mol. The summed E-state index contributed by atoms with van der Waals surface area (Å²) in [7, 11) is -5.50. The Labute approximate surface area is 229 Å². The van der Waals surface area contributed by atoms with Crippen molar-refractivity contribution >= 4 is 43.9 Å². The monoisotopic (exact) mass is 636 g/mol. The van der Waals surface area contributed by atoms with E-state index in [1.807, 2.05) is 0 Å². The van der Waals surface area contributed by atoms with Crippen molar-refractivity contribution < 1.29 is 66.8 Å². The number of aromatic nitrogens is 4. The van der Waals surface area contributed by atoms with Crippen LogP contribution in [0.4, 0.5) is 10.2 Å². The van der Waals surface area contributed by atoms with E-state index in [0.29, 0.717) is 0 Å². The average Bonchev–Trinajstić information content (AvgIpc) is 3.43. The highest BCUT2D eigenvalue weighted by Crippen LogP contribution is 2.66. The van der Waals surface area contributed by atoms with Crippen LogP contribution in [-0.4, -0.2) is 118 Å². The van der Waals surface area contributed by atoms with Gasteiger partial charge in [-0.15, -0.1) is 0 Å². The van der Waals surface area contributed by atoms with Gasteiger partial charge in [0.25, 0.3) is 0 Å². The molecule has 23 heteroatoms. The molecule has 2 aliphatic rings. The van der Waals surface area contributed by atoms with E-state index in [1.54, 1.807) is 0 Å². The molecule has 4 heterocycles. The largest absolute Gasteiger partial charge is 0.482 e. The first kappa shape index (κ1) is 31.5. The summed E-state index contributed by atoms with van der Waals surface area (Å²) < 4.78 is 64.9. The van der Waals surface area contributed by atoms with Crippen molar-refractivity contribution in [3.63, 3.8) is 0 Å². The lowest BCUT2D eigenvalue weighted by atomic mass is 9.96. The Morgan fingerprint density at radius 2 is 1.82 bits per heavy atom. The Kier molecular flexibility index (Phi) is 9.52. The van der Waals surface area contributed by atoms with Gasteiger partial charge in [0.05, 0.1) is 25.6 Å². The highest BCUT2D eigenvalue weighted by molar-refractivity contribution is 8.45. The van der Waals surface area contributed by atoms with Crippen LogP contribution in [0.1, 0.15) is 6.23 Å². The minimum atomic E-state index is -5.50. The van der Waals surface area contributed by atoms with E-state index in [1.165, 1.54) is 17.2 Å². The van der Waals surface area contributed by atoms with Crippen LogP contribution in [0.3, 0.4) is 0 Å². The number of aliphatic hydroxyl groups excluding tert-OH is 5. The van der Waals surface area contributed by atoms with Crippen LogP contribution in [0.15, 0.2) is 12.7 Å². The van der Waals surface area contributed by atoms with Gasteiger partial charge in [-0.25, -0.2) is 28.5 Å². The normalized spacial score (nSPS) is 36.8. The van der Waals surface area contributed by atoms with Crippen molar-refractivity contribution in [3.05, 3.63) is 12.7 Å². The smallest absolute Gasteiger partial charge is 0.393 e. The maximum absolute atomic E-state index is 13.9. The summed E-state index contributed by atoms with van der Waals surface area (Å²) in [6.07, 6.45) is -14.1. The van der Waals surface area contributed by atoms with Gasteiger partial charge in [-0.2, -0.15) is 4.31 Å². The molecule has 7 unspecified atom stereocenters. The first-order chi connectivity index (χ1) is 18.7. The summed E-state index contributed by atoms with van der Waals surface area (Å²) >= 11 is 3.58. The second-order valence-electron chi connectivity index (χ2n) is 8.78. The number of hydrogen-bond donors (Lipinski definition) is 9. The van der Waals surface area contributed by atoms with Gasteiger partial charge in [0.2, 0.25) is 0 Å². The first-order valence-electron chi connectivity index (χ1n) is 11.3. The fourth-order valence-corrected chi connectivity index (χ4v) is 7.24. The van der Waals surface area contributed by atoms with E-state index in [9.17, 15) is 38.8 Å². The highest BCUT2D eigenvalue weighted by atomic mass is 32.7. The maximum atomic E-state index is 13.9. The number of imidazole rings is 1. The van der Waals surface area contributed by atoms with Gasteiger partial charge in [-0.1, -0.05) is 12.2 Å². The first-order valence-corrected chi connectivity index (χ1v) is 15.5. The number of fused-ring (bicyclic) bond motifs is 1. The van der Waals surface area contributed by atoms with Gasteiger partial charge in [-0.05, 0) is 0 Å². The van der Waals surface area contributed by atoms with Crippen molar-refractivity contribution in [2.24, 2.45) is 5.73 Å². The number of phosphoric ester groups is 1. The third-order valence-corrected chi connectivity index (χ3v) is 9.67. The van der Waals surface area contributed by atoms with E-state index in [0.717, 1.165) is 0 Å². The summed E-state index contributed by atoms with van der Waals surface area (Å²) in [4.78, 5) is 22.0. The van der Waals surface area contributed by atoms with Crippen molar-refractivity contribution in [1.82, 2.24) is 19.5 Å². The third-order valence-electron chi connectivity index (χ3n) is 6.06. The highest BCUT2D eigenvalue weighted by Gasteiger charge is 2.51. The lowest BCUT2D eigenvalue weighted by Gasteiger charge is -2.41. The number of anilines is 1. The Hall–Kier alpha value is -1.39. The predicted octanol–water partition coefficient (Wildman–Crippen LogP) is -2.68. The van der Waals surface area contributed by atoms with Crippen LogP contribution >= 0.6 is 26.9 Å². The van der Waals surface area contributed by atoms with Crippen LogP contribution in [0, 0.1) is 0 Å². The Morgan fingerprint density at radius 1 is 1.12 bits per heavy atom. The quantitative estimate of drug-likeness (QED) is 0.0948. The van der Waals surface area contributed by atoms with Crippen LogP contribution in [0.2, 0.25) is 0 Å². The second-order valence-corrected chi connectivity index (χ2v) is 13.2. The molecule has 0 amide bonds. The number of nitrogens with zero attached hydrogens (tertiary/aromatic N) is 4. The van der Waals surface area contributed by atoms with E-state index >= 15 is 0 Å². The van der Waals surface area contributed by atoms with Crippen LogP contribution in [0.25, 0.3) is 11.2 Å². The zero-order chi connectivity index (χ0) is 29.6. The molecule has 0 aliphatic carbocycles. The summed E-state index contributed by atoms with van der Waals surface area (Å²) in [5.41, 5.74) is 12.3. The molecule has 0 bridgehead atoms. The molecule has 10 N–H and O–H groups in total. The summed E-state index contributed by atoms with van der Waals surface area (Å²) in [5, 5.41) is 49.2. The molecule has 12 atom stereocenters. The van der Waals surface area contributed by atoms with E-state index in [-0.39, 0.29) is 17.0 Å². The number of ether oxygens (including phenoxy) is 2. The Morgan fingerprint density at radius 3 is 2.50 bits per heavy atom. The molecule has 2 aromatic heterocycles. The molecule has 0 spiro atoms. The number of halogens is 1. The van der Waals surface area contributed by atoms with Crippen molar-refractivity contribution in [1.29, 1.82) is 0 Å². The van der Waals surface area contributed by atoms with Gasteiger partial charge in [-0.3, -0.25) is 13.6 Å². The van der Waals surface area contributed by atoms with E-state index in [2.05, 4.69) is 36.0 Å². The van der Waals surface area contributed by atoms with Gasteiger partial charge in [0.15, 0.2) is 30.2 Å². The number of hydrogen-bond acceptors (Lipinski definition) is 17. The van der Waals surface area contributed by atoms with Crippen molar-refractivity contribution in [2.75, 3.05) is 18.9 Å². The topological polar surface area (TPSA) is 297 Å². The zero-order valence-electron chi connectivity index (χ0n) is 20.0. The van der Waals surface area contributed by atoms with Gasteiger partial charge >= 0.3 is 14.6 Å². The van der Waals surface area contributed by atoms with Gasteiger partial charge < -0.3 is 51.4 Å². The van der Waals surface area contributed by atoms with Crippen LogP contribution < -0.4 is 11.5 Å². The second kappa shape index (κ2) is 12.1. The summed E-state index contributed by atoms with van der Waals surface area (Å²) in [5.74, 6) is 0.0878. The molecule has 226 valence electrons. The fourth-order valence-electron chi connectivity index (χ4n) is 4.05. The SMILES string of the molecule is Nc1ncnc2c1ncn2[C@@H]1O[C@H](COP(=O)(S)OP(=O)(O)OC2OC([C@@H](F)CO)C(O)C(O)C2O)[C@@H](O)[C@H]1N. The third kappa shape index (κ3) is 6.48. The van der Waals surface area contributed by atoms with Crippen molar-refractivity contribution in [2.45, 2.75) is 61.4 Å². The summed E-state index contributed by atoms with van der Waals surface area (Å²) in [6, 6.07) is -1.08. The summed E-state index contributed by atoms with van der Waals surface area (Å²) in [6.45, 7) is -6.68. The lowest BCUT2D eigenvalue weighted by molar-refractivity contribution is -0.287. The fraction of sp³-hybridized carbons (Fsp3) is 0.706. The zero-order valence-corrected chi connectivity index (χ0v) is 22.7. The number of nitrogens with two attached hydrogens (primary N) is 2. The number of aliphatic hydroxyl groups is 5. The molecule has 0 saturated carbocycles. The molecular formula is C17H27FN6O13P2S. The number of rotatable bonds is 10. The Bertz CT molecular complexity index is 1300. The van der Waals surface area contributed by atoms with Crippen LogP contribution in [-0.2, 0) is 32.0 Å². The maximum Gasteiger partial charge on any atom is 0.482 e.